The Balaban J connectivity index is 1.42. The van der Waals surface area contributed by atoms with Crippen LogP contribution in [-0.2, 0) is 19.3 Å². The van der Waals surface area contributed by atoms with Crippen molar-refractivity contribution in [1.82, 2.24) is 15.0 Å². The van der Waals surface area contributed by atoms with Crippen molar-refractivity contribution < 1.29 is 0 Å². The smallest absolute Gasteiger partial charge is 0.137 e. The average Bonchev–Trinajstić information content (AvgIpc) is 3.06. The van der Waals surface area contributed by atoms with Gasteiger partial charge in [0.15, 0.2) is 0 Å². The summed E-state index contributed by atoms with van der Waals surface area (Å²) in [6.45, 7) is 2.12. The molecule has 0 aliphatic heterocycles. The van der Waals surface area contributed by atoms with Gasteiger partial charge in [-0.3, -0.25) is 4.98 Å². The van der Waals surface area contributed by atoms with E-state index < -0.39 is 0 Å². The molecule has 4 aromatic rings. The second kappa shape index (κ2) is 6.89. The van der Waals surface area contributed by atoms with Crippen LogP contribution in [0.2, 0.25) is 0 Å². The fourth-order valence-corrected chi connectivity index (χ4v) is 3.11. The molecule has 1 N–H and O–H groups in total. The van der Waals surface area contributed by atoms with Crippen LogP contribution >= 0.6 is 0 Å². The van der Waals surface area contributed by atoms with Crippen LogP contribution in [-0.4, -0.2) is 15.0 Å². The Morgan fingerprint density at radius 1 is 0.880 bits per heavy atom. The van der Waals surface area contributed by atoms with Crippen molar-refractivity contribution in [3.05, 3.63) is 95.1 Å². The Labute approximate surface area is 147 Å². The van der Waals surface area contributed by atoms with Gasteiger partial charge in [-0.2, -0.15) is 0 Å². The Hall–Kier alpha value is -2.94. The zero-order chi connectivity index (χ0) is 17.1. The van der Waals surface area contributed by atoms with E-state index in [0.717, 1.165) is 30.6 Å². The van der Waals surface area contributed by atoms with Crippen LogP contribution in [0.4, 0.5) is 0 Å². The van der Waals surface area contributed by atoms with E-state index in [-0.39, 0.29) is 0 Å². The summed E-state index contributed by atoms with van der Waals surface area (Å²) in [5.74, 6) is 0. The number of aromatic nitrogens is 3. The number of hydrogen-bond donors (Lipinski definition) is 1. The molecule has 0 aliphatic carbocycles. The summed E-state index contributed by atoms with van der Waals surface area (Å²) in [4.78, 5) is 12.2. The number of aryl methyl sites for hydroxylation is 3. The average molecular weight is 327 g/mol. The lowest BCUT2D eigenvalue weighted by Crippen LogP contribution is -1.96. The summed E-state index contributed by atoms with van der Waals surface area (Å²) < 4.78 is 0. The maximum Gasteiger partial charge on any atom is 0.137 e. The van der Waals surface area contributed by atoms with Gasteiger partial charge in [0.1, 0.15) is 5.65 Å². The molecule has 3 heterocycles. The molecular weight excluding hydrogens is 306 g/mol. The van der Waals surface area contributed by atoms with Gasteiger partial charge in [0.05, 0.1) is 0 Å². The van der Waals surface area contributed by atoms with Crippen LogP contribution in [0.15, 0.2) is 67.1 Å². The molecule has 0 atom stereocenters. The zero-order valence-electron chi connectivity index (χ0n) is 14.4. The van der Waals surface area contributed by atoms with E-state index in [1.165, 1.54) is 27.6 Å². The van der Waals surface area contributed by atoms with Crippen molar-refractivity contribution in [3.63, 3.8) is 0 Å². The predicted molar refractivity (Wildman–Crippen MR) is 102 cm³/mol. The highest BCUT2D eigenvalue weighted by atomic mass is 14.8. The first-order valence-corrected chi connectivity index (χ1v) is 8.68. The molecule has 4 rings (SSSR count). The van der Waals surface area contributed by atoms with Crippen molar-refractivity contribution in [2.75, 3.05) is 0 Å². The Bertz CT molecular complexity index is 966. The maximum absolute atomic E-state index is 4.65. The van der Waals surface area contributed by atoms with Crippen LogP contribution in [0.1, 0.15) is 27.9 Å². The van der Waals surface area contributed by atoms with E-state index in [9.17, 15) is 0 Å². The van der Waals surface area contributed by atoms with E-state index in [1.54, 1.807) is 0 Å². The van der Waals surface area contributed by atoms with E-state index in [0.29, 0.717) is 0 Å². The number of aromatic amines is 1. The molecule has 3 aromatic heterocycles. The third-order valence-electron chi connectivity index (χ3n) is 4.61. The predicted octanol–water partition coefficient (Wildman–Crippen LogP) is 4.64. The fraction of sp³-hybridized carbons (Fsp3) is 0.182. The minimum absolute atomic E-state index is 0.872. The highest BCUT2D eigenvalue weighted by Crippen LogP contribution is 2.19. The number of rotatable bonds is 5. The zero-order valence-corrected chi connectivity index (χ0v) is 14.4. The lowest BCUT2D eigenvalue weighted by molar-refractivity contribution is 0.907. The minimum Gasteiger partial charge on any atom is -0.346 e. The largest absolute Gasteiger partial charge is 0.346 e. The quantitative estimate of drug-likeness (QED) is 0.580. The first kappa shape index (κ1) is 15.6. The number of pyridine rings is 2. The number of nitrogens with one attached hydrogen (secondary N) is 1. The van der Waals surface area contributed by atoms with Gasteiger partial charge in [-0.1, -0.05) is 35.9 Å². The molecule has 124 valence electrons. The van der Waals surface area contributed by atoms with E-state index in [1.807, 2.05) is 24.7 Å². The molecule has 0 aliphatic rings. The highest BCUT2D eigenvalue weighted by Gasteiger charge is 2.05. The molecule has 0 saturated heterocycles. The normalized spacial score (nSPS) is 11.1. The van der Waals surface area contributed by atoms with Gasteiger partial charge in [0.25, 0.3) is 0 Å². The van der Waals surface area contributed by atoms with Crippen molar-refractivity contribution in [2.45, 2.75) is 26.2 Å². The molecule has 0 fully saturated rings. The lowest BCUT2D eigenvalue weighted by Gasteiger charge is -2.04. The van der Waals surface area contributed by atoms with E-state index >= 15 is 0 Å². The maximum atomic E-state index is 4.65. The molecule has 0 bridgehead atoms. The van der Waals surface area contributed by atoms with Crippen molar-refractivity contribution in [3.8, 4) is 0 Å². The summed E-state index contributed by atoms with van der Waals surface area (Å²) in [5, 5.41) is 1.19. The fourth-order valence-electron chi connectivity index (χ4n) is 3.11. The van der Waals surface area contributed by atoms with Gasteiger partial charge < -0.3 is 4.98 Å². The van der Waals surface area contributed by atoms with Gasteiger partial charge in [0, 0.05) is 36.1 Å². The van der Waals surface area contributed by atoms with Gasteiger partial charge in [-0.25, -0.2) is 4.98 Å². The summed E-state index contributed by atoms with van der Waals surface area (Å²) in [7, 11) is 0. The Kier molecular flexibility index (Phi) is 4.30. The Morgan fingerprint density at radius 3 is 2.52 bits per heavy atom. The van der Waals surface area contributed by atoms with Gasteiger partial charge in [-0.05, 0) is 54.7 Å². The Morgan fingerprint density at radius 2 is 1.72 bits per heavy atom. The van der Waals surface area contributed by atoms with Gasteiger partial charge in [0.2, 0.25) is 0 Å². The second-order valence-electron chi connectivity index (χ2n) is 6.53. The third kappa shape index (κ3) is 3.61. The summed E-state index contributed by atoms with van der Waals surface area (Å²) in [5.41, 5.74) is 7.24. The molecule has 3 heteroatoms. The number of benzene rings is 1. The third-order valence-corrected chi connectivity index (χ3v) is 4.61. The van der Waals surface area contributed by atoms with Crippen LogP contribution in [0.25, 0.3) is 11.0 Å². The molecular formula is C22H21N3. The molecule has 1 aromatic carbocycles. The number of fused-ring (bicyclic) bond motifs is 1. The SMILES string of the molecule is Cc1ccc(CCc2ccc(Cc3c[nH]c4ncccc34)cn2)cc1. The van der Waals surface area contributed by atoms with Crippen LogP contribution in [0.3, 0.4) is 0 Å². The highest BCUT2D eigenvalue weighted by molar-refractivity contribution is 5.79. The van der Waals surface area contributed by atoms with Gasteiger partial charge in [-0.15, -0.1) is 0 Å². The summed E-state index contributed by atoms with van der Waals surface area (Å²) in [6.07, 6.45) is 8.73. The number of hydrogen-bond acceptors (Lipinski definition) is 2. The first-order valence-electron chi connectivity index (χ1n) is 8.68. The monoisotopic (exact) mass is 327 g/mol. The molecule has 0 amide bonds. The number of nitrogens with zero attached hydrogens (tertiary/aromatic N) is 2. The van der Waals surface area contributed by atoms with Crippen LogP contribution in [0, 0.1) is 6.92 Å². The van der Waals surface area contributed by atoms with E-state index in [4.69, 9.17) is 0 Å². The minimum atomic E-state index is 0.872. The standard InChI is InChI=1S/C22H21N3/c1-16-4-6-17(7-5-16)8-10-20-11-9-18(14-24-20)13-19-15-25-22-21(19)3-2-12-23-22/h2-7,9,11-12,14-15H,8,10,13H2,1H3,(H,23,25). The topological polar surface area (TPSA) is 41.6 Å². The molecule has 3 nitrogen and oxygen atoms in total. The van der Waals surface area contributed by atoms with E-state index in [2.05, 4.69) is 64.3 Å². The van der Waals surface area contributed by atoms with Crippen molar-refractivity contribution in [2.24, 2.45) is 0 Å². The summed E-state index contributed by atoms with van der Waals surface area (Å²) in [6, 6.07) is 17.2. The molecule has 0 spiro atoms. The van der Waals surface area contributed by atoms with Gasteiger partial charge >= 0.3 is 0 Å². The van der Waals surface area contributed by atoms with Crippen LogP contribution < -0.4 is 0 Å². The van der Waals surface area contributed by atoms with Crippen molar-refractivity contribution >= 4 is 11.0 Å². The molecule has 25 heavy (non-hydrogen) atoms. The first-order chi connectivity index (χ1) is 12.3. The molecule has 0 saturated carbocycles. The number of H-pyrrole nitrogens is 1. The molecule has 0 radical (unpaired) electrons. The van der Waals surface area contributed by atoms with Crippen molar-refractivity contribution in [1.29, 1.82) is 0 Å². The second-order valence-corrected chi connectivity index (χ2v) is 6.53. The summed E-state index contributed by atoms with van der Waals surface area (Å²) >= 11 is 0. The lowest BCUT2D eigenvalue weighted by atomic mass is 10.0. The molecule has 0 unspecified atom stereocenters. The van der Waals surface area contributed by atoms with Crippen LogP contribution in [0.5, 0.6) is 0 Å².